The second-order valence-corrected chi connectivity index (χ2v) is 5.02. The molecule has 0 radical (unpaired) electrons. The SMILES string of the molecule is CNC[C@H]1CCc2cc(F)cc(-c3cccnc3)c2O1.Cl. The summed E-state index contributed by atoms with van der Waals surface area (Å²) in [6.07, 6.45) is 5.32. The first kappa shape index (κ1) is 15.7. The Balaban J connectivity index is 0.00000161. The van der Waals surface area contributed by atoms with Crippen molar-refractivity contribution in [3.05, 3.63) is 48.0 Å². The predicted octanol–water partition coefficient (Wildman–Crippen LogP) is 3.22. The molecule has 0 spiro atoms. The number of benzene rings is 1. The quantitative estimate of drug-likeness (QED) is 0.945. The lowest BCUT2D eigenvalue weighted by molar-refractivity contribution is 0.174. The number of likely N-dealkylation sites (N-methyl/N-ethyl adjacent to an activating group) is 1. The highest BCUT2D eigenvalue weighted by molar-refractivity contribution is 5.85. The molecule has 3 rings (SSSR count). The van der Waals surface area contributed by atoms with Crippen LogP contribution in [0.15, 0.2) is 36.7 Å². The highest BCUT2D eigenvalue weighted by atomic mass is 35.5. The van der Waals surface area contributed by atoms with Crippen LogP contribution >= 0.6 is 12.4 Å². The van der Waals surface area contributed by atoms with Crippen LogP contribution in [0.3, 0.4) is 0 Å². The van der Waals surface area contributed by atoms with Crippen molar-refractivity contribution in [2.75, 3.05) is 13.6 Å². The molecule has 0 amide bonds. The Bertz CT molecular complexity index is 607. The minimum absolute atomic E-state index is 0. The van der Waals surface area contributed by atoms with E-state index in [-0.39, 0.29) is 24.3 Å². The molecular formula is C16H18ClFN2O. The molecule has 0 saturated heterocycles. The highest BCUT2D eigenvalue weighted by Crippen LogP contribution is 2.38. The highest BCUT2D eigenvalue weighted by Gasteiger charge is 2.23. The molecule has 1 aliphatic heterocycles. The van der Waals surface area contributed by atoms with Crippen LogP contribution < -0.4 is 10.1 Å². The Morgan fingerprint density at radius 2 is 2.29 bits per heavy atom. The maximum atomic E-state index is 13.8. The van der Waals surface area contributed by atoms with Crippen LogP contribution in [-0.4, -0.2) is 24.7 Å². The number of nitrogens with one attached hydrogen (secondary N) is 1. The molecule has 5 heteroatoms. The molecule has 0 saturated carbocycles. The predicted molar refractivity (Wildman–Crippen MR) is 83.5 cm³/mol. The molecule has 0 unspecified atom stereocenters. The van der Waals surface area contributed by atoms with Gasteiger partial charge in [0.05, 0.1) is 0 Å². The van der Waals surface area contributed by atoms with E-state index in [1.807, 2.05) is 19.2 Å². The van der Waals surface area contributed by atoms with Gasteiger partial charge in [0.1, 0.15) is 17.7 Å². The van der Waals surface area contributed by atoms with Gasteiger partial charge in [0.25, 0.3) is 0 Å². The summed E-state index contributed by atoms with van der Waals surface area (Å²) in [4.78, 5) is 4.10. The van der Waals surface area contributed by atoms with Gasteiger partial charge in [-0.1, -0.05) is 6.07 Å². The fraction of sp³-hybridized carbons (Fsp3) is 0.312. The van der Waals surface area contributed by atoms with Gasteiger partial charge in [-0.2, -0.15) is 0 Å². The van der Waals surface area contributed by atoms with E-state index in [1.54, 1.807) is 18.5 Å². The molecule has 0 bridgehead atoms. The average molecular weight is 309 g/mol. The van der Waals surface area contributed by atoms with Crippen LogP contribution in [-0.2, 0) is 6.42 Å². The zero-order chi connectivity index (χ0) is 13.9. The first-order chi connectivity index (χ1) is 9.78. The van der Waals surface area contributed by atoms with Gasteiger partial charge in [0.2, 0.25) is 0 Å². The molecule has 3 nitrogen and oxygen atoms in total. The first-order valence-electron chi connectivity index (χ1n) is 6.82. The van der Waals surface area contributed by atoms with Crippen LogP contribution in [0.25, 0.3) is 11.1 Å². The van der Waals surface area contributed by atoms with E-state index < -0.39 is 0 Å². The van der Waals surface area contributed by atoms with Gasteiger partial charge in [-0.3, -0.25) is 4.98 Å². The summed E-state index contributed by atoms with van der Waals surface area (Å²) in [6, 6.07) is 6.87. The summed E-state index contributed by atoms with van der Waals surface area (Å²) in [6.45, 7) is 0.795. The standard InChI is InChI=1S/C16H17FN2O.ClH/c1-18-10-14-5-4-11-7-13(17)8-15(16(11)20-14)12-3-2-6-19-9-12;/h2-3,6-9,14,18H,4-5,10H2,1H3;1H/t14-;/m1./s1. The molecule has 0 fully saturated rings. The maximum absolute atomic E-state index is 13.8. The van der Waals surface area contributed by atoms with Gasteiger partial charge in [-0.05, 0) is 43.7 Å². The topological polar surface area (TPSA) is 34.2 Å². The number of hydrogen-bond acceptors (Lipinski definition) is 3. The van der Waals surface area contributed by atoms with Gasteiger partial charge in [-0.25, -0.2) is 4.39 Å². The summed E-state index contributed by atoms with van der Waals surface area (Å²) in [5.41, 5.74) is 2.61. The smallest absolute Gasteiger partial charge is 0.131 e. The van der Waals surface area contributed by atoms with Crippen molar-refractivity contribution in [1.29, 1.82) is 0 Å². The van der Waals surface area contributed by atoms with Crippen molar-refractivity contribution in [2.45, 2.75) is 18.9 Å². The molecular weight excluding hydrogens is 291 g/mol. The lowest BCUT2D eigenvalue weighted by Crippen LogP contribution is -2.32. The summed E-state index contributed by atoms with van der Waals surface area (Å²) < 4.78 is 19.9. The van der Waals surface area contributed by atoms with E-state index in [2.05, 4.69) is 10.3 Å². The van der Waals surface area contributed by atoms with Crippen molar-refractivity contribution in [3.63, 3.8) is 0 Å². The van der Waals surface area contributed by atoms with Gasteiger partial charge < -0.3 is 10.1 Å². The van der Waals surface area contributed by atoms with E-state index >= 15 is 0 Å². The number of nitrogens with zero attached hydrogens (tertiary/aromatic N) is 1. The van der Waals surface area contributed by atoms with Crippen molar-refractivity contribution in [1.82, 2.24) is 10.3 Å². The number of aromatic nitrogens is 1. The van der Waals surface area contributed by atoms with Crippen molar-refractivity contribution >= 4 is 12.4 Å². The zero-order valence-corrected chi connectivity index (χ0v) is 12.6. The average Bonchev–Trinajstić information content (AvgIpc) is 2.48. The van der Waals surface area contributed by atoms with Crippen molar-refractivity contribution in [2.24, 2.45) is 0 Å². The number of aryl methyl sites for hydroxylation is 1. The minimum atomic E-state index is -0.224. The Morgan fingerprint density at radius 1 is 1.43 bits per heavy atom. The molecule has 1 N–H and O–H groups in total. The summed E-state index contributed by atoms with van der Waals surface area (Å²) in [5.74, 6) is 0.573. The molecule has 2 aromatic rings. The van der Waals surface area contributed by atoms with Crippen LogP contribution in [0.1, 0.15) is 12.0 Å². The van der Waals surface area contributed by atoms with E-state index in [0.29, 0.717) is 0 Å². The van der Waals surface area contributed by atoms with Crippen molar-refractivity contribution < 1.29 is 9.13 Å². The summed E-state index contributed by atoms with van der Waals surface area (Å²) in [7, 11) is 1.91. The molecule has 112 valence electrons. The number of fused-ring (bicyclic) bond motifs is 1. The van der Waals surface area contributed by atoms with Crippen LogP contribution in [0.2, 0.25) is 0 Å². The number of rotatable bonds is 3. The Hall–Kier alpha value is -1.65. The molecule has 0 aliphatic carbocycles. The Labute approximate surface area is 130 Å². The Morgan fingerprint density at radius 3 is 3.00 bits per heavy atom. The van der Waals surface area contributed by atoms with Gasteiger partial charge >= 0.3 is 0 Å². The van der Waals surface area contributed by atoms with E-state index in [4.69, 9.17) is 4.74 Å². The van der Waals surface area contributed by atoms with Crippen molar-refractivity contribution in [3.8, 4) is 16.9 Å². The zero-order valence-electron chi connectivity index (χ0n) is 11.8. The molecule has 1 aliphatic rings. The Kier molecular flexibility index (Phi) is 5.15. The second kappa shape index (κ2) is 6.87. The third kappa shape index (κ3) is 3.34. The monoisotopic (exact) mass is 308 g/mol. The van der Waals surface area contributed by atoms with E-state index in [0.717, 1.165) is 41.8 Å². The number of ether oxygens (including phenoxy) is 1. The first-order valence-corrected chi connectivity index (χ1v) is 6.82. The van der Waals surface area contributed by atoms with Crippen LogP contribution in [0, 0.1) is 5.82 Å². The third-order valence-corrected chi connectivity index (χ3v) is 3.56. The van der Waals surface area contributed by atoms with Crippen LogP contribution in [0.4, 0.5) is 4.39 Å². The lowest BCUT2D eigenvalue weighted by atomic mass is 9.96. The van der Waals surface area contributed by atoms with Gasteiger partial charge in [-0.15, -0.1) is 12.4 Å². The molecule has 2 heterocycles. The van der Waals surface area contributed by atoms with Crippen LogP contribution in [0.5, 0.6) is 5.75 Å². The van der Waals surface area contributed by atoms with E-state index in [1.165, 1.54) is 6.07 Å². The molecule has 1 aromatic carbocycles. The normalized spacial score (nSPS) is 16.6. The van der Waals surface area contributed by atoms with E-state index in [9.17, 15) is 4.39 Å². The third-order valence-electron chi connectivity index (χ3n) is 3.56. The second-order valence-electron chi connectivity index (χ2n) is 5.02. The molecule has 1 aromatic heterocycles. The number of halogens is 2. The summed E-state index contributed by atoms with van der Waals surface area (Å²) >= 11 is 0. The largest absolute Gasteiger partial charge is 0.488 e. The summed E-state index contributed by atoms with van der Waals surface area (Å²) in [5, 5.41) is 3.13. The van der Waals surface area contributed by atoms with Gasteiger partial charge in [0.15, 0.2) is 0 Å². The maximum Gasteiger partial charge on any atom is 0.131 e. The minimum Gasteiger partial charge on any atom is -0.488 e. The fourth-order valence-electron chi connectivity index (χ4n) is 2.62. The fourth-order valence-corrected chi connectivity index (χ4v) is 2.62. The van der Waals surface area contributed by atoms with Gasteiger partial charge in [0, 0.05) is 30.1 Å². The molecule has 1 atom stereocenters. The molecule has 21 heavy (non-hydrogen) atoms. The number of hydrogen-bond donors (Lipinski definition) is 1. The number of pyridine rings is 1. The lowest BCUT2D eigenvalue weighted by Gasteiger charge is -2.28.